The largest absolute Gasteiger partial charge is 0.462 e. The molecule has 0 fully saturated rings. The van der Waals surface area contributed by atoms with E-state index in [1.807, 2.05) is 0 Å². The minimum absolute atomic E-state index is 0.263. The summed E-state index contributed by atoms with van der Waals surface area (Å²) in [4.78, 5) is 11.2. The predicted octanol–water partition coefficient (Wildman–Crippen LogP) is 6.99. The number of ether oxygens (including phenoxy) is 2. The summed E-state index contributed by atoms with van der Waals surface area (Å²) < 4.78 is 10.8. The number of esters is 1. The van der Waals surface area contributed by atoms with E-state index < -0.39 is 0 Å². The molecule has 3 nitrogen and oxygen atoms in total. The molecule has 0 bridgehead atoms. The van der Waals surface area contributed by atoms with E-state index in [-0.39, 0.29) is 5.97 Å². The van der Waals surface area contributed by atoms with E-state index in [4.69, 9.17) is 9.47 Å². The van der Waals surface area contributed by atoms with E-state index in [0.717, 1.165) is 26.1 Å². The van der Waals surface area contributed by atoms with Crippen LogP contribution in [0, 0.1) is 0 Å². The zero-order valence-electron chi connectivity index (χ0n) is 17.7. The molecule has 0 heterocycles. The number of hydrogen-bond acceptors (Lipinski definition) is 3. The molecular formula is C23H44O3. The summed E-state index contributed by atoms with van der Waals surface area (Å²) in [6.07, 6.45) is 19.2. The Kier molecular flexibility index (Phi) is 19.8. The molecule has 0 saturated heterocycles. The molecule has 0 amide bonds. The second-order valence-corrected chi connectivity index (χ2v) is 7.48. The molecule has 0 aliphatic rings. The Morgan fingerprint density at radius 2 is 1.04 bits per heavy atom. The number of carbonyl (C=O) groups excluding carboxylic acids is 1. The van der Waals surface area contributed by atoms with Crippen molar-refractivity contribution in [2.45, 2.75) is 110 Å². The van der Waals surface area contributed by atoms with E-state index in [1.54, 1.807) is 6.92 Å². The molecule has 0 aromatic carbocycles. The van der Waals surface area contributed by atoms with Gasteiger partial charge in [-0.05, 0) is 26.2 Å². The molecule has 0 rings (SSSR count). The van der Waals surface area contributed by atoms with Crippen LogP contribution in [0.15, 0.2) is 12.2 Å². The lowest BCUT2D eigenvalue weighted by Gasteiger charge is -2.05. The fourth-order valence-electron chi connectivity index (χ4n) is 2.92. The maximum Gasteiger partial charge on any atom is 0.333 e. The highest BCUT2D eigenvalue weighted by molar-refractivity contribution is 5.86. The van der Waals surface area contributed by atoms with Crippen LogP contribution in [0.2, 0.25) is 0 Å². The van der Waals surface area contributed by atoms with Crippen molar-refractivity contribution in [1.29, 1.82) is 0 Å². The standard InChI is InChI=1S/C23H44O3/c1-4-5-6-7-13-16-19-25-20-17-14-11-9-8-10-12-15-18-21-26-23(24)22(2)3/h2,4-21H2,1,3H3. The van der Waals surface area contributed by atoms with Gasteiger partial charge in [-0.25, -0.2) is 4.79 Å². The highest BCUT2D eigenvalue weighted by Crippen LogP contribution is 2.10. The first-order chi connectivity index (χ1) is 12.7. The second-order valence-electron chi connectivity index (χ2n) is 7.48. The van der Waals surface area contributed by atoms with Crippen molar-refractivity contribution in [1.82, 2.24) is 0 Å². The Balaban J connectivity index is 3.05. The summed E-state index contributed by atoms with van der Waals surface area (Å²) in [5.41, 5.74) is 0.484. The second kappa shape index (κ2) is 20.5. The van der Waals surface area contributed by atoms with E-state index in [0.29, 0.717) is 12.2 Å². The molecule has 0 aromatic rings. The predicted molar refractivity (Wildman–Crippen MR) is 112 cm³/mol. The number of hydrogen-bond donors (Lipinski definition) is 0. The molecule has 154 valence electrons. The Hall–Kier alpha value is -0.830. The smallest absolute Gasteiger partial charge is 0.333 e. The van der Waals surface area contributed by atoms with Crippen molar-refractivity contribution in [3.05, 3.63) is 12.2 Å². The van der Waals surface area contributed by atoms with Crippen LogP contribution in [-0.4, -0.2) is 25.8 Å². The number of carbonyl (C=O) groups is 1. The van der Waals surface area contributed by atoms with E-state index in [9.17, 15) is 4.79 Å². The van der Waals surface area contributed by atoms with Gasteiger partial charge in [-0.15, -0.1) is 0 Å². The molecule has 0 atom stereocenters. The highest BCUT2D eigenvalue weighted by atomic mass is 16.5. The zero-order chi connectivity index (χ0) is 19.3. The zero-order valence-corrected chi connectivity index (χ0v) is 17.7. The van der Waals surface area contributed by atoms with Gasteiger partial charge in [0.2, 0.25) is 0 Å². The van der Waals surface area contributed by atoms with Crippen LogP contribution in [0.1, 0.15) is 110 Å². The van der Waals surface area contributed by atoms with Gasteiger partial charge in [-0.1, -0.05) is 90.6 Å². The lowest BCUT2D eigenvalue weighted by molar-refractivity contribution is -0.139. The molecule has 0 aliphatic carbocycles. The minimum atomic E-state index is -0.263. The first kappa shape index (κ1) is 25.2. The number of rotatable bonds is 20. The SMILES string of the molecule is C=C(C)C(=O)OCCCCCCCCCCCOCCCCCCCC. The normalized spacial score (nSPS) is 10.8. The third-order valence-corrected chi connectivity index (χ3v) is 4.66. The van der Waals surface area contributed by atoms with Crippen molar-refractivity contribution in [2.75, 3.05) is 19.8 Å². The molecule has 0 N–H and O–H groups in total. The highest BCUT2D eigenvalue weighted by Gasteiger charge is 2.01. The van der Waals surface area contributed by atoms with Gasteiger partial charge in [0.25, 0.3) is 0 Å². The molecule has 26 heavy (non-hydrogen) atoms. The van der Waals surface area contributed by atoms with Gasteiger partial charge in [0.05, 0.1) is 6.61 Å². The summed E-state index contributed by atoms with van der Waals surface area (Å²) in [5.74, 6) is -0.263. The van der Waals surface area contributed by atoms with Gasteiger partial charge in [0.15, 0.2) is 0 Å². The van der Waals surface area contributed by atoms with E-state index in [2.05, 4.69) is 13.5 Å². The van der Waals surface area contributed by atoms with Crippen molar-refractivity contribution in [3.63, 3.8) is 0 Å². The van der Waals surface area contributed by atoms with Gasteiger partial charge in [0, 0.05) is 18.8 Å². The van der Waals surface area contributed by atoms with Crippen molar-refractivity contribution >= 4 is 5.97 Å². The fraction of sp³-hybridized carbons (Fsp3) is 0.870. The third-order valence-electron chi connectivity index (χ3n) is 4.66. The summed E-state index contributed by atoms with van der Waals surface area (Å²) in [6.45, 7) is 9.94. The summed E-state index contributed by atoms with van der Waals surface area (Å²) in [6, 6.07) is 0. The first-order valence-corrected chi connectivity index (χ1v) is 11.1. The summed E-state index contributed by atoms with van der Waals surface area (Å²) >= 11 is 0. The van der Waals surface area contributed by atoms with Gasteiger partial charge in [0.1, 0.15) is 0 Å². The molecule has 0 aliphatic heterocycles. The molecule has 0 saturated carbocycles. The van der Waals surface area contributed by atoms with Crippen molar-refractivity contribution < 1.29 is 14.3 Å². The average Bonchev–Trinajstić information content (AvgIpc) is 2.63. The van der Waals surface area contributed by atoms with Crippen LogP contribution < -0.4 is 0 Å². The van der Waals surface area contributed by atoms with Gasteiger partial charge >= 0.3 is 5.97 Å². The minimum Gasteiger partial charge on any atom is -0.462 e. The van der Waals surface area contributed by atoms with Crippen molar-refractivity contribution in [3.8, 4) is 0 Å². The van der Waals surface area contributed by atoms with Crippen LogP contribution in [-0.2, 0) is 14.3 Å². The summed E-state index contributed by atoms with van der Waals surface area (Å²) in [5, 5.41) is 0. The van der Waals surface area contributed by atoms with Crippen LogP contribution in [0.5, 0.6) is 0 Å². The van der Waals surface area contributed by atoms with Crippen LogP contribution in [0.25, 0.3) is 0 Å². The Bertz CT molecular complexity index is 325. The fourth-order valence-corrected chi connectivity index (χ4v) is 2.92. The summed E-state index contributed by atoms with van der Waals surface area (Å²) in [7, 11) is 0. The molecule has 0 aromatic heterocycles. The number of unbranched alkanes of at least 4 members (excludes halogenated alkanes) is 13. The van der Waals surface area contributed by atoms with Crippen LogP contribution in [0.3, 0.4) is 0 Å². The quantitative estimate of drug-likeness (QED) is 0.132. The maximum atomic E-state index is 11.2. The van der Waals surface area contributed by atoms with Crippen LogP contribution >= 0.6 is 0 Å². The van der Waals surface area contributed by atoms with Gasteiger partial charge in [-0.3, -0.25) is 0 Å². The topological polar surface area (TPSA) is 35.5 Å². The monoisotopic (exact) mass is 368 g/mol. The molecule has 0 spiro atoms. The van der Waals surface area contributed by atoms with Gasteiger partial charge in [-0.2, -0.15) is 0 Å². The molecule has 3 heteroatoms. The Morgan fingerprint density at radius 1 is 0.654 bits per heavy atom. The Labute approximate surface area is 162 Å². The average molecular weight is 369 g/mol. The third kappa shape index (κ3) is 19.5. The lowest BCUT2D eigenvalue weighted by Crippen LogP contribution is -2.05. The molecular weight excluding hydrogens is 324 g/mol. The lowest BCUT2D eigenvalue weighted by atomic mass is 10.1. The maximum absolute atomic E-state index is 11.2. The van der Waals surface area contributed by atoms with Crippen molar-refractivity contribution in [2.24, 2.45) is 0 Å². The first-order valence-electron chi connectivity index (χ1n) is 11.1. The van der Waals surface area contributed by atoms with Crippen LogP contribution in [0.4, 0.5) is 0 Å². The molecule has 0 unspecified atom stereocenters. The Morgan fingerprint density at radius 3 is 1.46 bits per heavy atom. The van der Waals surface area contributed by atoms with E-state index in [1.165, 1.54) is 83.5 Å². The molecule has 0 radical (unpaired) electrons. The van der Waals surface area contributed by atoms with E-state index >= 15 is 0 Å². The van der Waals surface area contributed by atoms with Gasteiger partial charge < -0.3 is 9.47 Å².